The van der Waals surface area contributed by atoms with Gasteiger partial charge in [-0.05, 0) is 24.4 Å². The number of carbonyl (C=O) groups excluding carboxylic acids is 1. The summed E-state index contributed by atoms with van der Waals surface area (Å²) < 4.78 is 10.4. The summed E-state index contributed by atoms with van der Waals surface area (Å²) in [5, 5.41) is 5.80. The van der Waals surface area contributed by atoms with Gasteiger partial charge in [0.25, 0.3) is 5.89 Å². The second-order valence-electron chi connectivity index (χ2n) is 4.48. The molecule has 1 atom stereocenters. The highest BCUT2D eigenvalue weighted by molar-refractivity contribution is 7.13. The van der Waals surface area contributed by atoms with E-state index in [1.165, 1.54) is 29.7 Å². The zero-order valence-electron chi connectivity index (χ0n) is 12.1. The van der Waals surface area contributed by atoms with Gasteiger partial charge in [0.15, 0.2) is 6.10 Å². The lowest BCUT2D eigenvalue weighted by Gasteiger charge is -2.06. The van der Waals surface area contributed by atoms with Gasteiger partial charge in [0, 0.05) is 18.5 Å². The maximum absolute atomic E-state index is 11.8. The summed E-state index contributed by atoms with van der Waals surface area (Å²) in [6.07, 6.45) is 6.79. The number of aromatic nitrogens is 4. The fraction of sp³-hybridized carbons (Fsp3) is 0.133. The summed E-state index contributed by atoms with van der Waals surface area (Å²) in [5.74, 6) is 0.196. The van der Waals surface area contributed by atoms with Crippen molar-refractivity contribution in [1.82, 2.24) is 20.1 Å². The van der Waals surface area contributed by atoms with Crippen LogP contribution >= 0.6 is 11.3 Å². The molecule has 7 nitrogen and oxygen atoms in total. The molecule has 23 heavy (non-hydrogen) atoms. The van der Waals surface area contributed by atoms with Crippen LogP contribution in [0.5, 0.6) is 0 Å². The van der Waals surface area contributed by atoms with Crippen molar-refractivity contribution in [2.75, 3.05) is 0 Å². The van der Waals surface area contributed by atoms with Crippen molar-refractivity contribution in [2.24, 2.45) is 0 Å². The van der Waals surface area contributed by atoms with Gasteiger partial charge in [0.2, 0.25) is 5.82 Å². The zero-order valence-corrected chi connectivity index (χ0v) is 12.9. The minimum absolute atomic E-state index is 0.245. The molecule has 116 valence electrons. The van der Waals surface area contributed by atoms with Crippen molar-refractivity contribution in [3.8, 4) is 10.7 Å². The van der Waals surface area contributed by atoms with Crippen LogP contribution in [0, 0.1) is 0 Å². The standard InChI is InChI=1S/C15H12N4O3S/c1-10(15-18-14(19-22-15)12-3-2-8-23-12)21-13(20)5-4-11-9-16-6-7-17-11/h2-10H,1H3/b5-4+. The number of thiophene rings is 1. The van der Waals surface area contributed by atoms with Gasteiger partial charge in [0.1, 0.15) is 0 Å². The van der Waals surface area contributed by atoms with Crippen LogP contribution in [0.1, 0.15) is 24.6 Å². The average molecular weight is 328 g/mol. The predicted molar refractivity (Wildman–Crippen MR) is 83.2 cm³/mol. The highest BCUT2D eigenvalue weighted by Gasteiger charge is 2.18. The molecule has 8 heteroatoms. The van der Waals surface area contributed by atoms with Gasteiger partial charge in [0.05, 0.1) is 16.8 Å². The Morgan fingerprint density at radius 2 is 2.35 bits per heavy atom. The first-order valence-corrected chi connectivity index (χ1v) is 7.62. The fourth-order valence-corrected chi connectivity index (χ4v) is 2.37. The third kappa shape index (κ3) is 3.86. The molecule has 0 aliphatic rings. The van der Waals surface area contributed by atoms with E-state index in [0.29, 0.717) is 11.5 Å². The lowest BCUT2D eigenvalue weighted by Crippen LogP contribution is -2.06. The Morgan fingerprint density at radius 3 is 3.09 bits per heavy atom. The molecule has 0 saturated carbocycles. The Balaban J connectivity index is 1.61. The molecule has 0 radical (unpaired) electrons. The molecular weight excluding hydrogens is 316 g/mol. The van der Waals surface area contributed by atoms with Crippen molar-refractivity contribution in [2.45, 2.75) is 13.0 Å². The first-order chi connectivity index (χ1) is 11.2. The van der Waals surface area contributed by atoms with Crippen molar-refractivity contribution in [3.05, 3.63) is 53.8 Å². The molecule has 0 saturated heterocycles. The van der Waals surface area contributed by atoms with E-state index in [-0.39, 0.29) is 5.89 Å². The highest BCUT2D eigenvalue weighted by atomic mass is 32.1. The lowest BCUT2D eigenvalue weighted by molar-refractivity contribution is -0.143. The van der Waals surface area contributed by atoms with E-state index >= 15 is 0 Å². The van der Waals surface area contributed by atoms with Gasteiger partial charge in [-0.25, -0.2) is 4.79 Å². The summed E-state index contributed by atoms with van der Waals surface area (Å²) in [4.78, 5) is 24.8. The van der Waals surface area contributed by atoms with E-state index in [0.717, 1.165) is 4.88 Å². The molecule has 3 heterocycles. The molecule has 0 aromatic carbocycles. The van der Waals surface area contributed by atoms with Crippen LogP contribution in [-0.4, -0.2) is 26.1 Å². The number of hydrogen-bond acceptors (Lipinski definition) is 8. The Kier molecular flexibility index (Phi) is 4.53. The molecule has 0 fully saturated rings. The fourth-order valence-electron chi connectivity index (χ4n) is 1.72. The molecule has 0 amide bonds. The Labute approximate surface area is 135 Å². The summed E-state index contributed by atoms with van der Waals surface area (Å²) in [7, 11) is 0. The first kappa shape index (κ1) is 15.0. The van der Waals surface area contributed by atoms with Crippen LogP contribution in [0.3, 0.4) is 0 Å². The summed E-state index contributed by atoms with van der Waals surface area (Å²) >= 11 is 1.50. The van der Waals surface area contributed by atoms with E-state index in [1.54, 1.807) is 19.3 Å². The van der Waals surface area contributed by atoms with E-state index in [9.17, 15) is 4.79 Å². The van der Waals surface area contributed by atoms with Crippen molar-refractivity contribution in [1.29, 1.82) is 0 Å². The Morgan fingerprint density at radius 1 is 1.43 bits per heavy atom. The van der Waals surface area contributed by atoms with Gasteiger partial charge in [-0.3, -0.25) is 9.97 Å². The van der Waals surface area contributed by atoms with Gasteiger partial charge in [-0.15, -0.1) is 11.3 Å². The second kappa shape index (κ2) is 6.93. The van der Waals surface area contributed by atoms with Crippen LogP contribution < -0.4 is 0 Å². The Bertz CT molecular complexity index is 799. The van der Waals surface area contributed by atoms with Gasteiger partial charge in [-0.1, -0.05) is 11.2 Å². The van der Waals surface area contributed by atoms with E-state index in [1.807, 2.05) is 17.5 Å². The minimum atomic E-state index is -0.643. The third-order valence-corrected chi connectivity index (χ3v) is 3.66. The number of ether oxygens (including phenoxy) is 1. The topological polar surface area (TPSA) is 91.0 Å². The maximum Gasteiger partial charge on any atom is 0.331 e. The largest absolute Gasteiger partial charge is 0.449 e. The monoisotopic (exact) mass is 328 g/mol. The SMILES string of the molecule is CC(OC(=O)/C=C/c1cnccn1)c1nc(-c2cccs2)no1. The molecule has 0 aliphatic heterocycles. The van der Waals surface area contributed by atoms with E-state index in [2.05, 4.69) is 20.1 Å². The molecule has 3 aromatic heterocycles. The molecule has 3 rings (SSSR count). The van der Waals surface area contributed by atoms with Crippen LogP contribution in [0.25, 0.3) is 16.8 Å². The molecular formula is C15H12N4O3S. The van der Waals surface area contributed by atoms with Crippen molar-refractivity contribution >= 4 is 23.4 Å². The van der Waals surface area contributed by atoms with Gasteiger partial charge in [-0.2, -0.15) is 4.98 Å². The molecule has 3 aromatic rings. The van der Waals surface area contributed by atoms with Gasteiger partial charge < -0.3 is 9.26 Å². The molecule has 0 spiro atoms. The second-order valence-corrected chi connectivity index (χ2v) is 5.42. The molecule has 1 unspecified atom stereocenters. The van der Waals surface area contributed by atoms with Crippen LogP contribution in [0.2, 0.25) is 0 Å². The quantitative estimate of drug-likeness (QED) is 0.525. The smallest absolute Gasteiger partial charge is 0.331 e. The molecule has 0 N–H and O–H groups in total. The third-order valence-electron chi connectivity index (χ3n) is 2.80. The van der Waals surface area contributed by atoms with E-state index in [4.69, 9.17) is 9.26 Å². The van der Waals surface area contributed by atoms with E-state index < -0.39 is 12.1 Å². The lowest BCUT2D eigenvalue weighted by atomic mass is 10.3. The number of rotatable bonds is 5. The number of hydrogen-bond donors (Lipinski definition) is 0. The normalized spacial score (nSPS) is 12.4. The number of nitrogens with zero attached hydrogens (tertiary/aromatic N) is 4. The predicted octanol–water partition coefficient (Wildman–Crippen LogP) is 2.91. The van der Waals surface area contributed by atoms with Crippen molar-refractivity contribution < 1.29 is 14.1 Å². The molecule has 0 aliphatic carbocycles. The summed E-state index contributed by atoms with van der Waals surface area (Å²) in [6, 6.07) is 3.79. The first-order valence-electron chi connectivity index (χ1n) is 6.74. The maximum atomic E-state index is 11.8. The Hall–Kier alpha value is -2.87. The van der Waals surface area contributed by atoms with Crippen LogP contribution in [-0.2, 0) is 9.53 Å². The zero-order chi connectivity index (χ0) is 16.1. The van der Waals surface area contributed by atoms with Crippen LogP contribution in [0.4, 0.5) is 0 Å². The van der Waals surface area contributed by atoms with Gasteiger partial charge >= 0.3 is 5.97 Å². The highest BCUT2D eigenvalue weighted by Crippen LogP contribution is 2.24. The van der Waals surface area contributed by atoms with Crippen molar-refractivity contribution in [3.63, 3.8) is 0 Å². The summed E-state index contributed by atoms with van der Waals surface area (Å²) in [6.45, 7) is 1.67. The average Bonchev–Trinajstić information content (AvgIpc) is 3.24. The number of carbonyl (C=O) groups is 1. The number of esters is 1. The molecule has 0 bridgehead atoms. The summed E-state index contributed by atoms with van der Waals surface area (Å²) in [5.41, 5.74) is 0.565. The minimum Gasteiger partial charge on any atom is -0.449 e. The van der Waals surface area contributed by atoms with Crippen LogP contribution in [0.15, 0.2) is 46.7 Å².